The molecule has 0 atom stereocenters. The Morgan fingerprint density at radius 1 is 1.45 bits per heavy atom. The second-order valence-electron chi connectivity index (χ2n) is 5.16. The number of amides is 1. The van der Waals surface area contributed by atoms with Crippen LogP contribution in [-0.4, -0.2) is 26.5 Å². The second-order valence-corrected chi connectivity index (χ2v) is 6.54. The average molecular weight is 340 g/mol. The van der Waals surface area contributed by atoms with Crippen LogP contribution < -0.4 is 11.2 Å². The van der Waals surface area contributed by atoms with Crippen molar-refractivity contribution in [3.05, 3.63) is 34.6 Å². The predicted octanol–water partition coefficient (Wildman–Crippen LogP) is 2.81. The van der Waals surface area contributed by atoms with Crippen LogP contribution in [0.4, 0.5) is 5.69 Å². The number of carbonyl (C=O) groups excluding carboxylic acids is 1. The number of aryl methyl sites for hydroxylation is 1. The fourth-order valence-corrected chi connectivity index (χ4v) is 2.66. The van der Waals surface area contributed by atoms with Crippen molar-refractivity contribution in [2.24, 2.45) is 0 Å². The van der Waals surface area contributed by atoms with Gasteiger partial charge in [0.2, 0.25) is 11.1 Å². The number of nitrogens with two attached hydrogens (primary N) is 1. The van der Waals surface area contributed by atoms with Crippen LogP contribution in [-0.2, 0) is 4.79 Å². The molecule has 6 nitrogen and oxygen atoms in total. The van der Waals surface area contributed by atoms with Crippen molar-refractivity contribution in [2.75, 3.05) is 16.9 Å². The van der Waals surface area contributed by atoms with Gasteiger partial charge in [0, 0.05) is 16.6 Å². The van der Waals surface area contributed by atoms with E-state index < -0.39 is 0 Å². The number of nitrogens with zero attached hydrogens (tertiary/aromatic N) is 3. The summed E-state index contributed by atoms with van der Waals surface area (Å²) in [6.07, 6.45) is 0. The third-order valence-electron chi connectivity index (χ3n) is 3.01. The van der Waals surface area contributed by atoms with Crippen LogP contribution >= 0.6 is 23.4 Å². The van der Waals surface area contributed by atoms with Crippen molar-refractivity contribution in [1.82, 2.24) is 14.9 Å². The van der Waals surface area contributed by atoms with Crippen molar-refractivity contribution in [3.8, 4) is 0 Å². The third kappa shape index (κ3) is 3.92. The Labute approximate surface area is 138 Å². The van der Waals surface area contributed by atoms with Crippen molar-refractivity contribution < 1.29 is 4.79 Å². The molecule has 0 aliphatic carbocycles. The van der Waals surface area contributed by atoms with E-state index in [1.54, 1.807) is 12.1 Å². The number of rotatable bonds is 5. The summed E-state index contributed by atoms with van der Waals surface area (Å²) in [6, 6.07) is 5.36. The van der Waals surface area contributed by atoms with Crippen LogP contribution in [0, 0.1) is 6.92 Å². The molecule has 0 unspecified atom stereocenters. The first-order valence-corrected chi connectivity index (χ1v) is 8.14. The Balaban J connectivity index is 1.97. The summed E-state index contributed by atoms with van der Waals surface area (Å²) in [6.45, 7) is 5.87. The predicted molar refractivity (Wildman–Crippen MR) is 89.8 cm³/mol. The van der Waals surface area contributed by atoms with E-state index in [9.17, 15) is 4.79 Å². The highest BCUT2D eigenvalue weighted by atomic mass is 35.5. The van der Waals surface area contributed by atoms with Crippen LogP contribution in [0.25, 0.3) is 0 Å². The lowest BCUT2D eigenvalue weighted by molar-refractivity contribution is -0.113. The van der Waals surface area contributed by atoms with Crippen molar-refractivity contribution >= 4 is 35.0 Å². The zero-order chi connectivity index (χ0) is 16.3. The van der Waals surface area contributed by atoms with Gasteiger partial charge >= 0.3 is 0 Å². The summed E-state index contributed by atoms with van der Waals surface area (Å²) in [5.74, 6) is 6.82. The lowest BCUT2D eigenvalue weighted by atomic mass is 10.2. The average Bonchev–Trinajstić information content (AvgIpc) is 2.82. The van der Waals surface area contributed by atoms with E-state index in [0.29, 0.717) is 21.7 Å². The highest BCUT2D eigenvalue weighted by Crippen LogP contribution is 2.22. The largest absolute Gasteiger partial charge is 0.336 e. The van der Waals surface area contributed by atoms with Gasteiger partial charge in [0.15, 0.2) is 5.82 Å². The molecule has 0 saturated heterocycles. The molecule has 1 heterocycles. The molecular formula is C14H18ClN5OS. The number of aromatic nitrogens is 3. The molecule has 2 rings (SSSR count). The molecule has 8 heteroatoms. The molecule has 3 N–H and O–H groups in total. The van der Waals surface area contributed by atoms with E-state index in [2.05, 4.69) is 15.5 Å². The summed E-state index contributed by atoms with van der Waals surface area (Å²) in [4.78, 5) is 12.0. The van der Waals surface area contributed by atoms with E-state index in [1.165, 1.54) is 16.4 Å². The Bertz CT molecular complexity index is 686. The fraction of sp³-hybridized carbons (Fsp3) is 0.357. The number of thioether (sulfide) groups is 1. The smallest absolute Gasteiger partial charge is 0.234 e. The SMILES string of the molecule is Cc1ccc(Cl)cc1NC(=O)CSc1nnc(C(C)C)n1N. The molecule has 0 radical (unpaired) electrons. The lowest BCUT2D eigenvalue weighted by Gasteiger charge is -2.09. The maximum absolute atomic E-state index is 12.0. The van der Waals surface area contributed by atoms with Gasteiger partial charge in [-0.25, -0.2) is 4.68 Å². The Kier molecular flexibility index (Phi) is 5.31. The first kappa shape index (κ1) is 16.6. The molecule has 1 amide bonds. The van der Waals surface area contributed by atoms with Gasteiger partial charge in [-0.3, -0.25) is 4.79 Å². The van der Waals surface area contributed by atoms with Gasteiger partial charge in [-0.15, -0.1) is 10.2 Å². The van der Waals surface area contributed by atoms with Crippen LogP contribution in [0.5, 0.6) is 0 Å². The molecule has 118 valence electrons. The zero-order valence-electron chi connectivity index (χ0n) is 12.6. The molecule has 0 aliphatic heterocycles. The molecule has 22 heavy (non-hydrogen) atoms. The number of hydrogen-bond acceptors (Lipinski definition) is 5. The summed E-state index contributed by atoms with van der Waals surface area (Å²) >= 11 is 7.17. The summed E-state index contributed by atoms with van der Waals surface area (Å²) < 4.78 is 1.42. The molecular weight excluding hydrogens is 322 g/mol. The molecule has 0 fully saturated rings. The number of halogens is 1. The summed E-state index contributed by atoms with van der Waals surface area (Å²) in [7, 11) is 0. The minimum atomic E-state index is -0.149. The molecule has 1 aromatic heterocycles. The van der Waals surface area contributed by atoms with Crippen molar-refractivity contribution in [1.29, 1.82) is 0 Å². The van der Waals surface area contributed by atoms with Gasteiger partial charge in [-0.2, -0.15) is 0 Å². The second kappa shape index (κ2) is 7.02. The van der Waals surface area contributed by atoms with Gasteiger partial charge in [-0.05, 0) is 24.6 Å². The van der Waals surface area contributed by atoms with E-state index >= 15 is 0 Å². The van der Waals surface area contributed by atoms with Gasteiger partial charge in [0.1, 0.15) is 0 Å². The van der Waals surface area contributed by atoms with E-state index in [1.807, 2.05) is 26.8 Å². The minimum Gasteiger partial charge on any atom is -0.336 e. The van der Waals surface area contributed by atoms with Crippen LogP contribution in [0.3, 0.4) is 0 Å². The quantitative estimate of drug-likeness (QED) is 0.646. The zero-order valence-corrected chi connectivity index (χ0v) is 14.2. The first-order valence-electron chi connectivity index (χ1n) is 6.77. The number of benzene rings is 1. The van der Waals surface area contributed by atoms with Crippen molar-refractivity contribution in [2.45, 2.75) is 31.8 Å². The number of hydrogen-bond donors (Lipinski definition) is 2. The first-order chi connectivity index (χ1) is 10.4. The molecule has 2 aromatic rings. The van der Waals surface area contributed by atoms with Crippen molar-refractivity contribution in [3.63, 3.8) is 0 Å². The van der Waals surface area contributed by atoms with Crippen LogP contribution in [0.2, 0.25) is 5.02 Å². The van der Waals surface area contributed by atoms with Gasteiger partial charge in [-0.1, -0.05) is 43.3 Å². The van der Waals surface area contributed by atoms with Gasteiger partial charge in [0.05, 0.1) is 5.75 Å². The molecule has 0 bridgehead atoms. The van der Waals surface area contributed by atoms with E-state index in [-0.39, 0.29) is 17.6 Å². The Morgan fingerprint density at radius 2 is 2.18 bits per heavy atom. The summed E-state index contributed by atoms with van der Waals surface area (Å²) in [5.41, 5.74) is 1.65. The van der Waals surface area contributed by atoms with Crippen LogP contribution in [0.1, 0.15) is 31.2 Å². The fourth-order valence-electron chi connectivity index (χ4n) is 1.83. The maximum atomic E-state index is 12.0. The molecule has 0 aliphatic rings. The van der Waals surface area contributed by atoms with Crippen LogP contribution in [0.15, 0.2) is 23.4 Å². The Morgan fingerprint density at radius 3 is 2.82 bits per heavy atom. The highest BCUT2D eigenvalue weighted by molar-refractivity contribution is 7.99. The van der Waals surface area contributed by atoms with E-state index in [4.69, 9.17) is 17.4 Å². The summed E-state index contributed by atoms with van der Waals surface area (Å²) in [5, 5.41) is 11.9. The van der Waals surface area contributed by atoms with Gasteiger partial charge < -0.3 is 11.2 Å². The number of nitrogen functional groups attached to an aromatic ring is 1. The van der Waals surface area contributed by atoms with Gasteiger partial charge in [0.25, 0.3) is 0 Å². The Hall–Kier alpha value is -1.73. The highest BCUT2D eigenvalue weighted by Gasteiger charge is 2.14. The number of carbonyl (C=O) groups is 1. The van der Waals surface area contributed by atoms with E-state index in [0.717, 1.165) is 5.56 Å². The maximum Gasteiger partial charge on any atom is 0.234 e. The monoisotopic (exact) mass is 339 g/mol. The lowest BCUT2D eigenvalue weighted by Crippen LogP contribution is -2.18. The molecule has 1 aromatic carbocycles. The standard InChI is InChI=1S/C14H18ClN5OS/c1-8(2)13-18-19-14(20(13)16)22-7-12(21)17-11-6-10(15)5-4-9(11)3/h4-6,8H,7,16H2,1-3H3,(H,17,21). The third-order valence-corrected chi connectivity index (χ3v) is 4.19. The minimum absolute atomic E-state index is 0.149. The number of anilines is 1. The topological polar surface area (TPSA) is 85.8 Å². The molecule has 0 spiro atoms. The number of nitrogens with one attached hydrogen (secondary N) is 1. The molecule has 0 saturated carbocycles. The normalized spacial score (nSPS) is 11.0.